The fraction of sp³-hybridized carbons (Fsp3) is 0.636. The summed E-state index contributed by atoms with van der Waals surface area (Å²) in [5.41, 5.74) is 1.29. The molecular formula is C11H19N3OS. The van der Waals surface area contributed by atoms with Crippen molar-refractivity contribution in [2.75, 3.05) is 26.2 Å². The van der Waals surface area contributed by atoms with Gasteiger partial charge in [-0.05, 0) is 31.8 Å². The Balaban J connectivity index is 2.01. The van der Waals surface area contributed by atoms with E-state index in [-0.39, 0.29) is 0 Å². The summed E-state index contributed by atoms with van der Waals surface area (Å²) in [5, 5.41) is 4.06. The zero-order valence-corrected chi connectivity index (χ0v) is 10.7. The summed E-state index contributed by atoms with van der Waals surface area (Å²) in [6.07, 6.45) is 3.41. The lowest BCUT2D eigenvalue weighted by Gasteiger charge is -2.31. The molecule has 0 aromatic heterocycles. The molecule has 0 saturated carbocycles. The summed E-state index contributed by atoms with van der Waals surface area (Å²) in [5.74, 6) is 0.914. The second-order valence-electron chi connectivity index (χ2n) is 3.79. The molecule has 0 saturated heterocycles. The highest BCUT2D eigenvalue weighted by molar-refractivity contribution is 8.00. The van der Waals surface area contributed by atoms with Crippen LogP contribution in [0, 0.1) is 0 Å². The first kappa shape index (κ1) is 11.8. The van der Waals surface area contributed by atoms with E-state index in [1.54, 1.807) is 11.9 Å². The summed E-state index contributed by atoms with van der Waals surface area (Å²) in [7, 11) is 0. The lowest BCUT2D eigenvalue weighted by atomic mass is 10.2. The van der Waals surface area contributed by atoms with Crippen molar-refractivity contribution < 1.29 is 4.74 Å². The molecule has 90 valence electrons. The lowest BCUT2D eigenvalue weighted by molar-refractivity contribution is 0.127. The van der Waals surface area contributed by atoms with Gasteiger partial charge >= 0.3 is 0 Å². The van der Waals surface area contributed by atoms with Crippen molar-refractivity contribution >= 4 is 11.9 Å². The van der Waals surface area contributed by atoms with E-state index >= 15 is 0 Å². The molecule has 16 heavy (non-hydrogen) atoms. The second kappa shape index (κ2) is 5.61. The molecular weight excluding hydrogens is 222 g/mol. The standard InChI is InChI=1S/C11H19N3OS/c1-3-13-7-5-6-10(8-13)14-11(15-4-2)9-16-12-14/h6,9,12H,3-5,7-8H2,1-2H3. The van der Waals surface area contributed by atoms with E-state index < -0.39 is 0 Å². The topological polar surface area (TPSA) is 27.7 Å². The van der Waals surface area contributed by atoms with Gasteiger partial charge in [0.25, 0.3) is 0 Å². The molecule has 0 amide bonds. The van der Waals surface area contributed by atoms with Crippen molar-refractivity contribution in [2.24, 2.45) is 0 Å². The van der Waals surface area contributed by atoms with Crippen LogP contribution in [-0.4, -0.2) is 36.1 Å². The number of ether oxygens (including phenoxy) is 1. The van der Waals surface area contributed by atoms with Gasteiger partial charge < -0.3 is 4.74 Å². The predicted octanol–water partition coefficient (Wildman–Crippen LogP) is 1.90. The summed E-state index contributed by atoms with van der Waals surface area (Å²) in [4.78, 5) is 5.68. The molecule has 0 radical (unpaired) electrons. The minimum atomic E-state index is 0.704. The smallest absolute Gasteiger partial charge is 0.217 e. The molecule has 0 aromatic carbocycles. The van der Waals surface area contributed by atoms with Crippen LogP contribution in [0.25, 0.3) is 0 Å². The first-order chi connectivity index (χ1) is 7.85. The molecule has 5 heteroatoms. The van der Waals surface area contributed by atoms with E-state index in [4.69, 9.17) is 4.74 Å². The van der Waals surface area contributed by atoms with Crippen LogP contribution in [0.5, 0.6) is 0 Å². The number of rotatable bonds is 4. The summed E-state index contributed by atoms with van der Waals surface area (Å²) in [6, 6.07) is 0. The van der Waals surface area contributed by atoms with E-state index in [0.717, 1.165) is 31.9 Å². The first-order valence-electron chi connectivity index (χ1n) is 5.81. The molecule has 1 N–H and O–H groups in total. The number of nitrogens with one attached hydrogen (secondary N) is 1. The van der Waals surface area contributed by atoms with Crippen LogP contribution in [0.4, 0.5) is 0 Å². The zero-order valence-electron chi connectivity index (χ0n) is 9.90. The molecule has 0 aliphatic carbocycles. The maximum atomic E-state index is 5.58. The van der Waals surface area contributed by atoms with E-state index in [0.29, 0.717) is 6.61 Å². The van der Waals surface area contributed by atoms with Crippen molar-refractivity contribution in [3.8, 4) is 0 Å². The van der Waals surface area contributed by atoms with E-state index in [1.165, 1.54) is 5.70 Å². The summed E-state index contributed by atoms with van der Waals surface area (Å²) < 4.78 is 5.58. The van der Waals surface area contributed by atoms with Crippen LogP contribution in [0.2, 0.25) is 0 Å². The monoisotopic (exact) mass is 241 g/mol. The van der Waals surface area contributed by atoms with Crippen molar-refractivity contribution in [3.05, 3.63) is 23.1 Å². The molecule has 0 unspecified atom stereocenters. The van der Waals surface area contributed by atoms with Gasteiger partial charge in [0.15, 0.2) is 0 Å². The maximum Gasteiger partial charge on any atom is 0.217 e. The van der Waals surface area contributed by atoms with Crippen molar-refractivity contribution in [3.63, 3.8) is 0 Å². The highest BCUT2D eigenvalue weighted by Crippen LogP contribution is 2.25. The van der Waals surface area contributed by atoms with E-state index in [1.807, 2.05) is 12.3 Å². The largest absolute Gasteiger partial charge is 0.478 e. The van der Waals surface area contributed by atoms with E-state index in [9.17, 15) is 0 Å². The maximum absolute atomic E-state index is 5.58. The molecule has 0 fully saturated rings. The number of hydrogen-bond acceptors (Lipinski definition) is 5. The Hall–Kier alpha value is -0.650. The van der Waals surface area contributed by atoms with Crippen LogP contribution in [0.1, 0.15) is 20.3 Å². The average Bonchev–Trinajstić information content (AvgIpc) is 2.78. The molecule has 2 aliphatic rings. The molecule has 2 rings (SSSR count). The van der Waals surface area contributed by atoms with Crippen LogP contribution in [0.3, 0.4) is 0 Å². The third-order valence-electron chi connectivity index (χ3n) is 2.76. The quantitative estimate of drug-likeness (QED) is 0.759. The fourth-order valence-corrected chi connectivity index (χ4v) is 2.53. The molecule has 0 atom stereocenters. The average molecular weight is 241 g/mol. The third kappa shape index (κ3) is 2.53. The molecule has 2 heterocycles. The normalized spacial score (nSPS) is 22.0. The Morgan fingerprint density at radius 2 is 2.38 bits per heavy atom. The lowest BCUT2D eigenvalue weighted by Crippen LogP contribution is -2.39. The van der Waals surface area contributed by atoms with Gasteiger partial charge in [-0.25, -0.2) is 5.01 Å². The van der Waals surface area contributed by atoms with Crippen molar-refractivity contribution in [2.45, 2.75) is 20.3 Å². The SMILES string of the molecule is CCOC1=CSNN1C1=CCCN(CC)C1. The van der Waals surface area contributed by atoms with Gasteiger partial charge in [0.05, 0.1) is 6.61 Å². The van der Waals surface area contributed by atoms with Gasteiger partial charge in [-0.2, -0.15) is 4.83 Å². The highest BCUT2D eigenvalue weighted by atomic mass is 32.2. The Morgan fingerprint density at radius 1 is 1.50 bits per heavy atom. The van der Waals surface area contributed by atoms with Crippen molar-refractivity contribution in [1.29, 1.82) is 0 Å². The van der Waals surface area contributed by atoms with Crippen molar-refractivity contribution in [1.82, 2.24) is 14.7 Å². The summed E-state index contributed by atoms with van der Waals surface area (Å²) >= 11 is 1.56. The van der Waals surface area contributed by atoms with E-state index in [2.05, 4.69) is 27.7 Å². The van der Waals surface area contributed by atoms with Crippen LogP contribution >= 0.6 is 11.9 Å². The third-order valence-corrected chi connectivity index (χ3v) is 3.37. The van der Waals surface area contributed by atoms with Crippen LogP contribution in [0.15, 0.2) is 23.1 Å². The Labute approximate surface area is 101 Å². The van der Waals surface area contributed by atoms with Gasteiger partial charge in [-0.1, -0.05) is 13.0 Å². The Morgan fingerprint density at radius 3 is 3.12 bits per heavy atom. The molecule has 0 spiro atoms. The van der Waals surface area contributed by atoms with Gasteiger partial charge in [0.2, 0.25) is 5.88 Å². The van der Waals surface area contributed by atoms with Gasteiger partial charge in [0.1, 0.15) is 0 Å². The summed E-state index contributed by atoms with van der Waals surface area (Å²) in [6.45, 7) is 8.18. The highest BCUT2D eigenvalue weighted by Gasteiger charge is 2.23. The molecule has 0 aromatic rings. The van der Waals surface area contributed by atoms with Gasteiger partial charge in [-0.15, -0.1) is 0 Å². The number of hydrazine groups is 1. The van der Waals surface area contributed by atoms with Gasteiger partial charge in [0, 0.05) is 24.2 Å². The molecule has 4 nitrogen and oxygen atoms in total. The minimum absolute atomic E-state index is 0.704. The number of likely N-dealkylation sites (N-methyl/N-ethyl adjacent to an activating group) is 1. The minimum Gasteiger partial charge on any atom is -0.478 e. The first-order valence-corrected chi connectivity index (χ1v) is 6.69. The molecule has 2 aliphatic heterocycles. The Bertz CT molecular complexity index is 304. The van der Waals surface area contributed by atoms with Crippen LogP contribution < -0.4 is 4.83 Å². The Kier molecular flexibility index (Phi) is 4.15. The fourth-order valence-electron chi connectivity index (χ4n) is 1.89. The molecule has 0 bridgehead atoms. The number of nitrogens with zero attached hydrogens (tertiary/aromatic N) is 2. The second-order valence-corrected chi connectivity index (χ2v) is 4.44. The van der Waals surface area contributed by atoms with Gasteiger partial charge in [-0.3, -0.25) is 4.90 Å². The number of hydrogen-bond donors (Lipinski definition) is 1. The zero-order chi connectivity index (χ0) is 11.4. The predicted molar refractivity (Wildman–Crippen MR) is 67.1 cm³/mol. The van der Waals surface area contributed by atoms with Crippen LogP contribution in [-0.2, 0) is 4.74 Å².